The van der Waals surface area contributed by atoms with E-state index in [0.717, 1.165) is 11.3 Å². The minimum atomic E-state index is -0.0248. The first-order valence-electron chi connectivity index (χ1n) is 5.12. The van der Waals surface area contributed by atoms with Gasteiger partial charge >= 0.3 is 0 Å². The Labute approximate surface area is 104 Å². The van der Waals surface area contributed by atoms with Crippen LogP contribution in [0.3, 0.4) is 0 Å². The van der Waals surface area contributed by atoms with Crippen LogP contribution >= 0.6 is 11.6 Å². The van der Waals surface area contributed by atoms with E-state index < -0.39 is 0 Å². The molecular formula is C13H11ClN2O. The van der Waals surface area contributed by atoms with Crippen LogP contribution in [-0.4, -0.2) is 15.1 Å². The Bertz CT molecular complexity index is 547. The van der Waals surface area contributed by atoms with E-state index in [4.69, 9.17) is 11.6 Å². The number of hydrogen-bond acceptors (Lipinski definition) is 3. The van der Waals surface area contributed by atoms with Crippen LogP contribution in [0.5, 0.6) is 5.88 Å². The predicted octanol–water partition coefficient (Wildman–Crippen LogP) is 3.31. The van der Waals surface area contributed by atoms with Gasteiger partial charge in [0.05, 0.1) is 0 Å². The third kappa shape index (κ3) is 3.29. The lowest BCUT2D eigenvalue weighted by atomic mass is 10.2. The van der Waals surface area contributed by atoms with Gasteiger partial charge < -0.3 is 5.11 Å². The van der Waals surface area contributed by atoms with Gasteiger partial charge in [-0.25, -0.2) is 4.98 Å². The summed E-state index contributed by atoms with van der Waals surface area (Å²) in [5, 5.41) is 10.0. The quantitative estimate of drug-likeness (QED) is 0.884. The zero-order valence-electron chi connectivity index (χ0n) is 9.26. The van der Waals surface area contributed by atoms with Gasteiger partial charge in [-0.1, -0.05) is 29.8 Å². The molecule has 0 unspecified atom stereocenters. The van der Waals surface area contributed by atoms with Gasteiger partial charge in [-0.2, -0.15) is 4.98 Å². The van der Waals surface area contributed by atoms with Crippen molar-refractivity contribution in [3.8, 4) is 5.88 Å². The Morgan fingerprint density at radius 3 is 2.71 bits per heavy atom. The minimum absolute atomic E-state index is 0.0248. The van der Waals surface area contributed by atoms with Gasteiger partial charge in [-0.05, 0) is 30.7 Å². The molecule has 0 saturated heterocycles. The molecule has 1 heterocycles. The fourth-order valence-corrected chi connectivity index (χ4v) is 1.63. The van der Waals surface area contributed by atoms with Crippen molar-refractivity contribution in [1.82, 2.24) is 9.97 Å². The molecule has 0 amide bonds. The second-order valence-electron chi connectivity index (χ2n) is 3.61. The normalized spacial score (nSPS) is 10.9. The average Bonchev–Trinajstić information content (AvgIpc) is 2.25. The summed E-state index contributed by atoms with van der Waals surface area (Å²) in [5.74, 6) is 0.450. The number of nitrogens with zero attached hydrogens (tertiary/aromatic N) is 2. The number of aromatic hydroxyl groups is 1. The largest absolute Gasteiger partial charge is 0.493 e. The van der Waals surface area contributed by atoms with Crippen LogP contribution < -0.4 is 0 Å². The topological polar surface area (TPSA) is 46.0 Å². The van der Waals surface area contributed by atoms with E-state index >= 15 is 0 Å². The number of hydrogen-bond donors (Lipinski definition) is 1. The third-order valence-corrected chi connectivity index (χ3v) is 2.37. The van der Waals surface area contributed by atoms with Crippen LogP contribution in [-0.2, 0) is 0 Å². The summed E-state index contributed by atoms with van der Waals surface area (Å²) in [4.78, 5) is 8.08. The van der Waals surface area contributed by atoms with E-state index in [0.29, 0.717) is 10.8 Å². The van der Waals surface area contributed by atoms with E-state index in [1.165, 1.54) is 6.07 Å². The molecule has 1 aromatic heterocycles. The lowest BCUT2D eigenvalue weighted by Crippen LogP contribution is -1.89. The predicted molar refractivity (Wildman–Crippen MR) is 68.8 cm³/mol. The van der Waals surface area contributed by atoms with Gasteiger partial charge in [-0.15, -0.1) is 0 Å². The van der Waals surface area contributed by atoms with Crippen LogP contribution in [0.4, 0.5) is 0 Å². The molecule has 0 aliphatic rings. The number of rotatable bonds is 2. The van der Waals surface area contributed by atoms with E-state index in [1.807, 2.05) is 30.3 Å². The third-order valence-electron chi connectivity index (χ3n) is 2.13. The van der Waals surface area contributed by atoms with Crippen molar-refractivity contribution < 1.29 is 5.11 Å². The molecule has 17 heavy (non-hydrogen) atoms. The maximum atomic E-state index is 9.33. The molecule has 0 atom stereocenters. The van der Waals surface area contributed by atoms with E-state index in [-0.39, 0.29) is 5.88 Å². The summed E-state index contributed by atoms with van der Waals surface area (Å²) in [6.07, 6.45) is 3.58. The first kappa shape index (κ1) is 11.6. The monoisotopic (exact) mass is 246 g/mol. The molecule has 2 aromatic rings. The van der Waals surface area contributed by atoms with Crippen LogP contribution in [0.25, 0.3) is 12.2 Å². The zero-order chi connectivity index (χ0) is 12.3. The standard InChI is InChI=1S/C13H11ClN2O/c1-9-7-13(17)16-12(15-9)6-5-10-3-2-4-11(14)8-10/h2-8H,1H3,(H,15,16,17). The second kappa shape index (κ2) is 4.97. The molecule has 0 spiro atoms. The van der Waals surface area contributed by atoms with Crippen molar-refractivity contribution in [3.63, 3.8) is 0 Å². The zero-order valence-corrected chi connectivity index (χ0v) is 10.0. The Kier molecular flexibility index (Phi) is 3.40. The van der Waals surface area contributed by atoms with Crippen molar-refractivity contribution in [3.05, 3.63) is 52.4 Å². The highest BCUT2D eigenvalue weighted by Gasteiger charge is 1.97. The van der Waals surface area contributed by atoms with Gasteiger partial charge in [0, 0.05) is 16.8 Å². The molecule has 1 N–H and O–H groups in total. The Morgan fingerprint density at radius 1 is 1.18 bits per heavy atom. The van der Waals surface area contributed by atoms with Crippen molar-refractivity contribution >= 4 is 23.8 Å². The molecule has 0 saturated carbocycles. The number of aromatic nitrogens is 2. The SMILES string of the molecule is Cc1cc(O)nc(C=Cc2cccc(Cl)c2)n1. The second-order valence-corrected chi connectivity index (χ2v) is 4.05. The Balaban J connectivity index is 2.25. The van der Waals surface area contributed by atoms with Crippen LogP contribution in [0.2, 0.25) is 5.02 Å². The van der Waals surface area contributed by atoms with Crippen LogP contribution in [0.15, 0.2) is 30.3 Å². The molecule has 86 valence electrons. The number of aryl methyl sites for hydroxylation is 1. The maximum Gasteiger partial charge on any atom is 0.214 e. The lowest BCUT2D eigenvalue weighted by Gasteiger charge is -1.97. The summed E-state index contributed by atoms with van der Waals surface area (Å²) in [7, 11) is 0. The summed E-state index contributed by atoms with van der Waals surface area (Å²) in [6, 6.07) is 8.97. The molecule has 0 aliphatic heterocycles. The van der Waals surface area contributed by atoms with Crippen LogP contribution in [0, 0.1) is 6.92 Å². The molecule has 0 fully saturated rings. The molecule has 1 aromatic carbocycles. The highest BCUT2D eigenvalue weighted by Crippen LogP contribution is 2.13. The molecule has 3 nitrogen and oxygen atoms in total. The summed E-state index contributed by atoms with van der Waals surface area (Å²) >= 11 is 5.87. The molecule has 0 aliphatic carbocycles. The van der Waals surface area contributed by atoms with E-state index in [1.54, 1.807) is 13.0 Å². The van der Waals surface area contributed by atoms with Crippen molar-refractivity contribution in [1.29, 1.82) is 0 Å². The number of halogens is 1. The number of benzene rings is 1. The minimum Gasteiger partial charge on any atom is -0.493 e. The molecular weight excluding hydrogens is 236 g/mol. The summed E-state index contributed by atoms with van der Waals surface area (Å²) < 4.78 is 0. The molecule has 0 bridgehead atoms. The van der Waals surface area contributed by atoms with E-state index in [2.05, 4.69) is 9.97 Å². The molecule has 4 heteroatoms. The van der Waals surface area contributed by atoms with Crippen LogP contribution in [0.1, 0.15) is 17.1 Å². The van der Waals surface area contributed by atoms with Crippen molar-refractivity contribution in [2.75, 3.05) is 0 Å². The average molecular weight is 247 g/mol. The summed E-state index contributed by atoms with van der Waals surface area (Å²) in [5.41, 5.74) is 1.69. The maximum absolute atomic E-state index is 9.33. The first-order valence-corrected chi connectivity index (χ1v) is 5.49. The van der Waals surface area contributed by atoms with Gasteiger partial charge in [0.25, 0.3) is 0 Å². The Morgan fingerprint density at radius 2 is 2.00 bits per heavy atom. The van der Waals surface area contributed by atoms with Crippen molar-refractivity contribution in [2.24, 2.45) is 0 Å². The summed E-state index contributed by atoms with van der Waals surface area (Å²) in [6.45, 7) is 1.80. The van der Waals surface area contributed by atoms with E-state index in [9.17, 15) is 5.11 Å². The van der Waals surface area contributed by atoms with Gasteiger partial charge in [0.1, 0.15) is 0 Å². The van der Waals surface area contributed by atoms with Gasteiger partial charge in [0.2, 0.25) is 5.88 Å². The highest BCUT2D eigenvalue weighted by molar-refractivity contribution is 6.30. The Hall–Kier alpha value is -1.87. The van der Waals surface area contributed by atoms with Crippen molar-refractivity contribution in [2.45, 2.75) is 6.92 Å². The highest BCUT2D eigenvalue weighted by atomic mass is 35.5. The van der Waals surface area contributed by atoms with Gasteiger partial charge in [-0.3, -0.25) is 0 Å². The molecule has 0 radical (unpaired) electrons. The van der Waals surface area contributed by atoms with Gasteiger partial charge in [0.15, 0.2) is 5.82 Å². The lowest BCUT2D eigenvalue weighted by molar-refractivity contribution is 0.450. The first-order chi connectivity index (χ1) is 8.13. The fourth-order valence-electron chi connectivity index (χ4n) is 1.43. The molecule has 2 rings (SSSR count). The fraction of sp³-hybridized carbons (Fsp3) is 0.0769. The smallest absolute Gasteiger partial charge is 0.214 e.